The molecule has 0 amide bonds. The van der Waals surface area contributed by atoms with Crippen molar-refractivity contribution in [2.45, 2.75) is 13.0 Å². The molecule has 2 heterocycles. The van der Waals surface area contributed by atoms with E-state index in [1.54, 1.807) is 23.5 Å². The van der Waals surface area contributed by atoms with E-state index >= 15 is 0 Å². The van der Waals surface area contributed by atoms with E-state index in [9.17, 15) is 4.39 Å². The number of fused-ring (bicyclic) bond motifs is 1. The molecule has 0 spiro atoms. The Bertz CT molecular complexity index is 774. The maximum absolute atomic E-state index is 13.7. The Morgan fingerprint density at radius 2 is 2.26 bits per heavy atom. The number of hydrogen-bond acceptors (Lipinski definition) is 2. The lowest BCUT2D eigenvalue weighted by molar-refractivity contribution is 0.620. The minimum atomic E-state index is -0.202. The zero-order valence-corrected chi connectivity index (χ0v) is 13.6. The summed E-state index contributed by atoms with van der Waals surface area (Å²) in [5.41, 5.74) is 3.01. The maximum Gasteiger partial charge on any atom is 0.178 e. The number of aromatic nitrogens is 2. The molecule has 1 aromatic carbocycles. The van der Waals surface area contributed by atoms with Crippen molar-refractivity contribution in [3.05, 3.63) is 48.7 Å². The topological polar surface area (TPSA) is 20.7 Å². The van der Waals surface area contributed by atoms with Crippen molar-refractivity contribution in [2.75, 3.05) is 0 Å². The number of hydrogen-bond donors (Lipinski definition) is 1. The van der Waals surface area contributed by atoms with Crippen LogP contribution in [-0.4, -0.2) is 9.55 Å². The molecule has 3 rings (SSSR count). The van der Waals surface area contributed by atoms with E-state index in [4.69, 9.17) is 12.2 Å². The fraction of sp³-hybridized carbons (Fsp3) is 0.154. The summed E-state index contributed by atoms with van der Waals surface area (Å²) in [4.78, 5) is 3.13. The molecule has 0 aliphatic heterocycles. The van der Waals surface area contributed by atoms with Gasteiger partial charge in [0.1, 0.15) is 5.82 Å². The van der Waals surface area contributed by atoms with Gasteiger partial charge in [0.05, 0.1) is 14.6 Å². The first-order valence-electron chi connectivity index (χ1n) is 5.74. The van der Waals surface area contributed by atoms with Gasteiger partial charge >= 0.3 is 0 Å². The number of benzene rings is 1. The molecule has 0 saturated carbocycles. The number of nitrogens with zero attached hydrogens (tertiary/aromatic N) is 1. The fourth-order valence-corrected chi connectivity index (χ4v) is 3.52. The fourth-order valence-electron chi connectivity index (χ4n) is 2.05. The number of aryl methyl sites for hydroxylation is 2. The molecule has 0 aliphatic carbocycles. The van der Waals surface area contributed by atoms with E-state index in [1.807, 2.05) is 27.2 Å². The first kappa shape index (κ1) is 13.3. The zero-order chi connectivity index (χ0) is 13.4. The van der Waals surface area contributed by atoms with Crippen molar-refractivity contribution in [3.8, 4) is 0 Å². The second kappa shape index (κ2) is 5.34. The molecule has 0 unspecified atom stereocenters. The number of halogens is 2. The normalized spacial score (nSPS) is 11.3. The molecule has 6 heteroatoms. The molecular formula is C13H10FIN2S2. The third kappa shape index (κ3) is 2.61. The van der Waals surface area contributed by atoms with Gasteiger partial charge in [0, 0.05) is 12.6 Å². The highest BCUT2D eigenvalue weighted by molar-refractivity contribution is 14.1. The predicted octanol–water partition coefficient (Wildman–Crippen LogP) is 4.75. The molecular weight excluding hydrogens is 394 g/mol. The van der Waals surface area contributed by atoms with E-state index in [2.05, 4.69) is 21.8 Å². The number of aromatic amines is 1. The zero-order valence-electron chi connectivity index (χ0n) is 9.82. The highest BCUT2D eigenvalue weighted by Crippen LogP contribution is 2.21. The van der Waals surface area contributed by atoms with Gasteiger partial charge in [-0.1, -0.05) is 0 Å². The Morgan fingerprint density at radius 1 is 1.42 bits per heavy atom. The van der Waals surface area contributed by atoms with Crippen LogP contribution < -0.4 is 0 Å². The Balaban J connectivity index is 2.00. The quantitative estimate of drug-likeness (QED) is 0.494. The smallest absolute Gasteiger partial charge is 0.178 e. The van der Waals surface area contributed by atoms with Crippen LogP contribution in [0.15, 0.2) is 29.0 Å². The van der Waals surface area contributed by atoms with Crippen molar-refractivity contribution in [2.24, 2.45) is 0 Å². The average molecular weight is 404 g/mol. The van der Waals surface area contributed by atoms with Crippen LogP contribution in [0.1, 0.15) is 5.56 Å². The Labute approximate surface area is 132 Å². The van der Waals surface area contributed by atoms with Crippen molar-refractivity contribution < 1.29 is 4.39 Å². The minimum Gasteiger partial charge on any atom is -0.331 e. The number of thiophene rings is 1. The van der Waals surface area contributed by atoms with Crippen LogP contribution in [-0.2, 0) is 13.0 Å². The van der Waals surface area contributed by atoms with Crippen molar-refractivity contribution >= 4 is 57.2 Å². The molecule has 0 aliphatic rings. The van der Waals surface area contributed by atoms with E-state index in [0.717, 1.165) is 24.0 Å². The van der Waals surface area contributed by atoms with Gasteiger partial charge in [-0.15, -0.1) is 0 Å². The van der Waals surface area contributed by atoms with Gasteiger partial charge in [-0.05, 0) is 69.7 Å². The SMILES string of the molecule is Fc1cc2c(cc1I)[nH]c(=S)n2CCc1ccsc1. The average Bonchev–Trinajstić information content (AvgIpc) is 2.96. The second-order valence-electron chi connectivity index (χ2n) is 4.25. The molecule has 2 aromatic heterocycles. The van der Waals surface area contributed by atoms with Gasteiger partial charge in [0.2, 0.25) is 0 Å². The van der Waals surface area contributed by atoms with Crippen LogP contribution in [0.2, 0.25) is 0 Å². The first-order chi connectivity index (χ1) is 9.15. The summed E-state index contributed by atoms with van der Waals surface area (Å²) >= 11 is 8.99. The predicted molar refractivity (Wildman–Crippen MR) is 87.8 cm³/mol. The summed E-state index contributed by atoms with van der Waals surface area (Å²) in [5.74, 6) is -0.202. The van der Waals surface area contributed by atoms with Crippen LogP contribution in [0.5, 0.6) is 0 Å². The maximum atomic E-state index is 13.7. The highest BCUT2D eigenvalue weighted by atomic mass is 127. The van der Waals surface area contributed by atoms with E-state index in [-0.39, 0.29) is 5.82 Å². The number of nitrogens with one attached hydrogen (secondary N) is 1. The monoisotopic (exact) mass is 404 g/mol. The van der Waals surface area contributed by atoms with E-state index in [1.165, 1.54) is 5.56 Å². The lowest BCUT2D eigenvalue weighted by atomic mass is 10.2. The summed E-state index contributed by atoms with van der Waals surface area (Å²) < 4.78 is 16.9. The molecule has 0 saturated heterocycles. The van der Waals surface area contributed by atoms with E-state index < -0.39 is 0 Å². The van der Waals surface area contributed by atoms with Crippen LogP contribution in [0.25, 0.3) is 11.0 Å². The second-order valence-corrected chi connectivity index (χ2v) is 6.58. The molecule has 0 atom stereocenters. The van der Waals surface area contributed by atoms with Gasteiger partial charge in [0.15, 0.2) is 4.77 Å². The Hall–Kier alpha value is -0.730. The molecule has 3 aromatic rings. The van der Waals surface area contributed by atoms with Crippen LogP contribution in [0.4, 0.5) is 4.39 Å². The molecule has 19 heavy (non-hydrogen) atoms. The summed E-state index contributed by atoms with van der Waals surface area (Å²) in [5, 5.41) is 4.19. The molecule has 0 fully saturated rings. The van der Waals surface area contributed by atoms with Gasteiger partial charge in [-0.2, -0.15) is 11.3 Å². The van der Waals surface area contributed by atoms with Crippen LogP contribution >= 0.6 is 46.1 Å². The number of rotatable bonds is 3. The van der Waals surface area contributed by atoms with Crippen LogP contribution in [0, 0.1) is 14.2 Å². The summed E-state index contributed by atoms with van der Waals surface area (Å²) in [7, 11) is 0. The van der Waals surface area contributed by atoms with Gasteiger partial charge in [0.25, 0.3) is 0 Å². The first-order valence-corrected chi connectivity index (χ1v) is 8.17. The lowest BCUT2D eigenvalue weighted by Gasteiger charge is -2.04. The van der Waals surface area contributed by atoms with Crippen molar-refractivity contribution in [1.82, 2.24) is 9.55 Å². The van der Waals surface area contributed by atoms with Gasteiger partial charge < -0.3 is 9.55 Å². The molecule has 1 N–H and O–H groups in total. The van der Waals surface area contributed by atoms with Crippen molar-refractivity contribution in [3.63, 3.8) is 0 Å². The standard InChI is InChI=1S/C13H10FIN2S2/c14-9-5-12-11(6-10(9)15)16-13(18)17(12)3-1-8-2-4-19-7-8/h2,4-7H,1,3H2,(H,16,18). The Kier molecular flexibility index (Phi) is 3.72. The molecule has 0 bridgehead atoms. The summed E-state index contributed by atoms with van der Waals surface area (Å²) in [6.45, 7) is 0.760. The highest BCUT2D eigenvalue weighted by Gasteiger charge is 2.08. The summed E-state index contributed by atoms with van der Waals surface area (Å²) in [6, 6.07) is 5.45. The molecule has 2 nitrogen and oxygen atoms in total. The summed E-state index contributed by atoms with van der Waals surface area (Å²) in [6.07, 6.45) is 0.901. The largest absolute Gasteiger partial charge is 0.331 e. The minimum absolute atomic E-state index is 0.202. The van der Waals surface area contributed by atoms with Crippen LogP contribution in [0.3, 0.4) is 0 Å². The third-order valence-electron chi connectivity index (χ3n) is 3.02. The number of H-pyrrole nitrogens is 1. The third-order valence-corrected chi connectivity index (χ3v) is 4.90. The molecule has 98 valence electrons. The Morgan fingerprint density at radius 3 is 3.00 bits per heavy atom. The van der Waals surface area contributed by atoms with E-state index in [0.29, 0.717) is 8.34 Å². The van der Waals surface area contributed by atoms with Gasteiger partial charge in [-0.3, -0.25) is 0 Å². The van der Waals surface area contributed by atoms with Gasteiger partial charge in [-0.25, -0.2) is 4.39 Å². The molecule has 0 radical (unpaired) electrons. The lowest BCUT2D eigenvalue weighted by Crippen LogP contribution is -2.01. The number of imidazole rings is 1. The van der Waals surface area contributed by atoms with Crippen molar-refractivity contribution in [1.29, 1.82) is 0 Å².